The zero-order valence-corrected chi connectivity index (χ0v) is 14.8. The maximum absolute atomic E-state index is 13.0. The SMILES string of the molecule is CCC1CCCCN1C(=O)C1(C(=O)NCc2ccccc2C)CC1. The van der Waals surface area contributed by atoms with Gasteiger partial charge in [0.05, 0.1) is 0 Å². The lowest BCUT2D eigenvalue weighted by molar-refractivity contribution is -0.147. The van der Waals surface area contributed by atoms with Gasteiger partial charge in [-0.3, -0.25) is 9.59 Å². The van der Waals surface area contributed by atoms with Crippen molar-refractivity contribution in [2.45, 2.75) is 65.0 Å². The van der Waals surface area contributed by atoms with Crippen LogP contribution in [0.5, 0.6) is 0 Å². The number of nitrogens with zero attached hydrogens (tertiary/aromatic N) is 1. The lowest BCUT2D eigenvalue weighted by Gasteiger charge is -2.37. The molecule has 1 saturated heterocycles. The second kappa shape index (κ2) is 6.96. The molecule has 0 radical (unpaired) electrons. The summed E-state index contributed by atoms with van der Waals surface area (Å²) in [6.07, 6.45) is 5.68. The van der Waals surface area contributed by atoms with Crippen LogP contribution in [-0.4, -0.2) is 29.3 Å². The highest BCUT2D eigenvalue weighted by molar-refractivity contribution is 6.08. The summed E-state index contributed by atoms with van der Waals surface area (Å²) in [6.45, 7) is 5.48. The van der Waals surface area contributed by atoms with Gasteiger partial charge in [-0.25, -0.2) is 0 Å². The highest BCUT2D eigenvalue weighted by Crippen LogP contribution is 2.48. The van der Waals surface area contributed by atoms with Gasteiger partial charge >= 0.3 is 0 Å². The molecule has 1 heterocycles. The Morgan fingerprint density at radius 2 is 2.00 bits per heavy atom. The number of aryl methyl sites for hydroxylation is 1. The van der Waals surface area contributed by atoms with Crippen molar-refractivity contribution >= 4 is 11.8 Å². The van der Waals surface area contributed by atoms with Crippen LogP contribution in [-0.2, 0) is 16.1 Å². The van der Waals surface area contributed by atoms with Crippen LogP contribution in [0.2, 0.25) is 0 Å². The molecule has 1 unspecified atom stereocenters. The normalized spacial score (nSPS) is 22.1. The van der Waals surface area contributed by atoms with Gasteiger partial charge in [0, 0.05) is 19.1 Å². The van der Waals surface area contributed by atoms with E-state index >= 15 is 0 Å². The van der Waals surface area contributed by atoms with Crippen LogP contribution in [0.1, 0.15) is 56.6 Å². The molecule has 2 amide bonds. The van der Waals surface area contributed by atoms with Gasteiger partial charge < -0.3 is 10.2 Å². The van der Waals surface area contributed by atoms with Gasteiger partial charge in [-0.05, 0) is 56.6 Å². The van der Waals surface area contributed by atoms with E-state index in [0.29, 0.717) is 25.4 Å². The maximum atomic E-state index is 13.0. The van der Waals surface area contributed by atoms with E-state index in [4.69, 9.17) is 0 Å². The largest absolute Gasteiger partial charge is 0.351 e. The molecule has 2 aliphatic rings. The molecule has 0 aromatic heterocycles. The number of piperidine rings is 1. The number of rotatable bonds is 5. The fraction of sp³-hybridized carbons (Fsp3) is 0.600. The van der Waals surface area contributed by atoms with Crippen LogP contribution in [0.3, 0.4) is 0 Å². The molecule has 1 aliphatic heterocycles. The molecule has 1 aliphatic carbocycles. The predicted octanol–water partition coefficient (Wildman–Crippen LogP) is 3.18. The summed E-state index contributed by atoms with van der Waals surface area (Å²) in [7, 11) is 0. The quantitative estimate of drug-likeness (QED) is 0.844. The van der Waals surface area contributed by atoms with Crippen molar-refractivity contribution in [3.05, 3.63) is 35.4 Å². The molecular weight excluding hydrogens is 300 g/mol. The van der Waals surface area contributed by atoms with E-state index in [1.165, 1.54) is 6.42 Å². The van der Waals surface area contributed by atoms with E-state index in [2.05, 4.69) is 12.2 Å². The minimum atomic E-state index is -0.784. The summed E-state index contributed by atoms with van der Waals surface area (Å²) in [5.74, 6) is -0.0208. The minimum Gasteiger partial charge on any atom is -0.351 e. The second-order valence-corrected chi connectivity index (χ2v) is 7.25. The summed E-state index contributed by atoms with van der Waals surface area (Å²) in [5, 5.41) is 3.01. The summed E-state index contributed by atoms with van der Waals surface area (Å²) in [6, 6.07) is 8.35. The van der Waals surface area contributed by atoms with Crippen molar-refractivity contribution in [3.63, 3.8) is 0 Å². The maximum Gasteiger partial charge on any atom is 0.238 e. The van der Waals surface area contributed by atoms with Gasteiger partial charge in [0.15, 0.2) is 0 Å². The predicted molar refractivity (Wildman–Crippen MR) is 94.3 cm³/mol. The molecule has 4 heteroatoms. The Kier molecular flexibility index (Phi) is 4.93. The van der Waals surface area contributed by atoms with Gasteiger partial charge in [0.1, 0.15) is 5.41 Å². The molecule has 2 fully saturated rings. The topological polar surface area (TPSA) is 49.4 Å². The number of likely N-dealkylation sites (tertiary alicyclic amines) is 1. The third kappa shape index (κ3) is 3.19. The number of hydrogen-bond donors (Lipinski definition) is 1. The number of nitrogens with one attached hydrogen (secondary N) is 1. The summed E-state index contributed by atoms with van der Waals surface area (Å²) in [4.78, 5) is 27.8. The molecule has 3 rings (SSSR count). The van der Waals surface area contributed by atoms with Crippen molar-refractivity contribution in [2.24, 2.45) is 5.41 Å². The number of amides is 2. The summed E-state index contributed by atoms with van der Waals surface area (Å²) >= 11 is 0. The number of hydrogen-bond acceptors (Lipinski definition) is 2. The average molecular weight is 328 g/mol. The smallest absolute Gasteiger partial charge is 0.238 e. The molecule has 1 atom stereocenters. The van der Waals surface area contributed by atoms with E-state index in [1.54, 1.807) is 0 Å². The molecule has 1 N–H and O–H groups in total. The Bertz CT molecular complexity index is 622. The minimum absolute atomic E-state index is 0.0660. The molecule has 4 nitrogen and oxygen atoms in total. The first-order valence-corrected chi connectivity index (χ1v) is 9.22. The molecule has 1 aromatic rings. The molecule has 0 spiro atoms. The Balaban J connectivity index is 1.65. The van der Waals surface area contributed by atoms with Crippen molar-refractivity contribution in [2.75, 3.05) is 6.54 Å². The van der Waals surface area contributed by atoms with E-state index in [0.717, 1.165) is 36.9 Å². The first-order valence-electron chi connectivity index (χ1n) is 9.22. The van der Waals surface area contributed by atoms with Crippen molar-refractivity contribution in [1.29, 1.82) is 0 Å². The van der Waals surface area contributed by atoms with E-state index in [9.17, 15) is 9.59 Å². The standard InChI is InChI=1S/C20H28N2O2/c1-3-17-10-6-7-13-22(17)19(24)20(11-12-20)18(23)21-14-16-9-5-4-8-15(16)2/h4-5,8-9,17H,3,6-7,10-14H2,1-2H3,(H,21,23). The first kappa shape index (κ1) is 17.0. The highest BCUT2D eigenvalue weighted by atomic mass is 16.2. The molecular formula is C20H28N2O2. The summed E-state index contributed by atoms with van der Waals surface area (Å²) < 4.78 is 0. The number of carbonyl (C=O) groups is 2. The van der Waals surface area contributed by atoms with Crippen LogP contribution in [0.4, 0.5) is 0 Å². The lowest BCUT2D eigenvalue weighted by atomic mass is 9.95. The Hall–Kier alpha value is -1.84. The molecule has 0 bridgehead atoms. The summed E-state index contributed by atoms with van der Waals surface area (Å²) in [5.41, 5.74) is 1.49. The third-order valence-electron chi connectivity index (χ3n) is 5.65. The van der Waals surface area contributed by atoms with Crippen molar-refractivity contribution in [3.8, 4) is 0 Å². The first-order chi connectivity index (χ1) is 11.6. The van der Waals surface area contributed by atoms with Gasteiger partial charge in [0.25, 0.3) is 0 Å². The number of benzene rings is 1. The van der Waals surface area contributed by atoms with Crippen LogP contribution >= 0.6 is 0 Å². The Labute approximate surface area is 144 Å². The molecule has 1 saturated carbocycles. The van der Waals surface area contributed by atoms with Crippen molar-refractivity contribution < 1.29 is 9.59 Å². The third-order valence-corrected chi connectivity index (χ3v) is 5.65. The Morgan fingerprint density at radius 3 is 2.67 bits per heavy atom. The van der Waals surface area contributed by atoms with E-state index in [-0.39, 0.29) is 11.8 Å². The van der Waals surface area contributed by atoms with Gasteiger partial charge in [-0.15, -0.1) is 0 Å². The fourth-order valence-electron chi connectivity index (χ4n) is 3.78. The van der Waals surface area contributed by atoms with Gasteiger partial charge in [0.2, 0.25) is 11.8 Å². The molecule has 130 valence electrons. The second-order valence-electron chi connectivity index (χ2n) is 7.25. The van der Waals surface area contributed by atoms with Crippen LogP contribution in [0, 0.1) is 12.3 Å². The zero-order valence-electron chi connectivity index (χ0n) is 14.8. The highest BCUT2D eigenvalue weighted by Gasteiger charge is 2.58. The van der Waals surface area contributed by atoms with Gasteiger partial charge in [-0.2, -0.15) is 0 Å². The van der Waals surface area contributed by atoms with E-state index in [1.807, 2.05) is 36.1 Å². The lowest BCUT2D eigenvalue weighted by Crippen LogP contribution is -2.50. The van der Waals surface area contributed by atoms with E-state index < -0.39 is 5.41 Å². The zero-order chi connectivity index (χ0) is 17.2. The van der Waals surface area contributed by atoms with Crippen LogP contribution in [0.15, 0.2) is 24.3 Å². The van der Waals surface area contributed by atoms with Crippen LogP contribution < -0.4 is 5.32 Å². The van der Waals surface area contributed by atoms with Crippen LogP contribution in [0.25, 0.3) is 0 Å². The Morgan fingerprint density at radius 1 is 1.25 bits per heavy atom. The number of carbonyl (C=O) groups excluding carboxylic acids is 2. The monoisotopic (exact) mass is 328 g/mol. The van der Waals surface area contributed by atoms with Crippen molar-refractivity contribution in [1.82, 2.24) is 10.2 Å². The molecule has 1 aromatic carbocycles. The van der Waals surface area contributed by atoms with Gasteiger partial charge in [-0.1, -0.05) is 31.2 Å². The molecule has 24 heavy (non-hydrogen) atoms. The average Bonchev–Trinajstić information content (AvgIpc) is 3.42. The fourth-order valence-corrected chi connectivity index (χ4v) is 3.78.